The van der Waals surface area contributed by atoms with Gasteiger partial charge in [-0.1, -0.05) is 13.8 Å². The molecule has 1 aliphatic rings. The summed E-state index contributed by atoms with van der Waals surface area (Å²) >= 11 is 0. The number of fused-ring (bicyclic) bond motifs is 1. The summed E-state index contributed by atoms with van der Waals surface area (Å²) in [5, 5.41) is 7.85. The van der Waals surface area contributed by atoms with Crippen molar-refractivity contribution in [1.82, 2.24) is 15.1 Å². The molecule has 0 atom stereocenters. The van der Waals surface area contributed by atoms with Crippen molar-refractivity contribution >= 4 is 5.78 Å². The largest absolute Gasteiger partial charge is 0.317 e. The van der Waals surface area contributed by atoms with Crippen LogP contribution in [0.3, 0.4) is 0 Å². The molecule has 4 heteroatoms. The molecule has 0 saturated carbocycles. The predicted octanol–water partition coefficient (Wildman–Crippen LogP) is 2.60. The van der Waals surface area contributed by atoms with E-state index in [9.17, 15) is 4.79 Å². The van der Waals surface area contributed by atoms with E-state index in [2.05, 4.69) is 24.3 Å². The third kappa shape index (κ3) is 2.89. The van der Waals surface area contributed by atoms with Gasteiger partial charge < -0.3 is 5.32 Å². The molecule has 106 valence electrons. The highest BCUT2D eigenvalue weighted by Gasteiger charge is 2.33. The van der Waals surface area contributed by atoms with Gasteiger partial charge in [0.05, 0.1) is 6.20 Å². The quantitative estimate of drug-likeness (QED) is 0.847. The number of Topliss-reactive ketones (excluding diaryl/α,β-unsaturated/α-hetero) is 1. The molecule has 19 heavy (non-hydrogen) atoms. The van der Waals surface area contributed by atoms with Crippen LogP contribution in [-0.4, -0.2) is 28.7 Å². The minimum absolute atomic E-state index is 0.226. The number of carbonyl (C=O) groups is 1. The van der Waals surface area contributed by atoms with Crippen LogP contribution in [0.5, 0.6) is 0 Å². The van der Waals surface area contributed by atoms with Gasteiger partial charge >= 0.3 is 0 Å². The summed E-state index contributed by atoms with van der Waals surface area (Å²) in [6, 6.07) is 0.226. The summed E-state index contributed by atoms with van der Waals surface area (Å²) in [5.41, 5.74) is 1.61. The molecule has 0 spiro atoms. The van der Waals surface area contributed by atoms with Crippen molar-refractivity contribution in [3.8, 4) is 0 Å². The third-order valence-corrected chi connectivity index (χ3v) is 3.92. The minimum Gasteiger partial charge on any atom is -0.317 e. The first-order valence-corrected chi connectivity index (χ1v) is 7.25. The molecular weight excluding hydrogens is 238 g/mol. The molecule has 0 aromatic carbocycles. The summed E-state index contributed by atoms with van der Waals surface area (Å²) in [4.78, 5) is 12.9. The Morgan fingerprint density at radius 3 is 2.79 bits per heavy atom. The van der Waals surface area contributed by atoms with E-state index >= 15 is 0 Å². The van der Waals surface area contributed by atoms with E-state index in [-0.39, 0.29) is 17.2 Å². The summed E-state index contributed by atoms with van der Waals surface area (Å²) in [6.07, 6.45) is 4.74. The monoisotopic (exact) mass is 263 g/mol. The Hall–Kier alpha value is -1.16. The summed E-state index contributed by atoms with van der Waals surface area (Å²) in [7, 11) is 0. The predicted molar refractivity (Wildman–Crippen MR) is 76.5 cm³/mol. The van der Waals surface area contributed by atoms with Gasteiger partial charge in [-0.15, -0.1) is 0 Å². The maximum absolute atomic E-state index is 12.9. The molecule has 2 heterocycles. The third-order valence-electron chi connectivity index (χ3n) is 3.92. The van der Waals surface area contributed by atoms with Crippen LogP contribution in [0, 0.1) is 5.41 Å². The van der Waals surface area contributed by atoms with E-state index in [0.29, 0.717) is 0 Å². The molecular formula is C15H25N3O. The zero-order chi connectivity index (χ0) is 14.0. The van der Waals surface area contributed by atoms with Crippen LogP contribution in [0.4, 0.5) is 0 Å². The van der Waals surface area contributed by atoms with Crippen molar-refractivity contribution in [2.75, 3.05) is 13.1 Å². The van der Waals surface area contributed by atoms with Crippen LogP contribution in [-0.2, 0) is 6.42 Å². The first kappa shape index (κ1) is 14.3. The highest BCUT2D eigenvalue weighted by molar-refractivity contribution is 5.99. The molecule has 0 radical (unpaired) electrons. The molecule has 0 bridgehead atoms. The molecule has 4 nitrogen and oxygen atoms in total. The van der Waals surface area contributed by atoms with Gasteiger partial charge in [0.1, 0.15) is 5.69 Å². The van der Waals surface area contributed by atoms with Crippen LogP contribution < -0.4 is 5.32 Å². The van der Waals surface area contributed by atoms with E-state index in [1.54, 1.807) is 0 Å². The number of aryl methyl sites for hydroxylation is 1. The van der Waals surface area contributed by atoms with Crippen molar-refractivity contribution in [2.45, 2.75) is 53.0 Å². The van der Waals surface area contributed by atoms with Gasteiger partial charge in [-0.3, -0.25) is 9.48 Å². The van der Waals surface area contributed by atoms with Crippen molar-refractivity contribution in [2.24, 2.45) is 5.41 Å². The van der Waals surface area contributed by atoms with E-state index in [1.165, 1.54) is 0 Å². The first-order chi connectivity index (χ1) is 8.93. The van der Waals surface area contributed by atoms with Crippen LogP contribution in [0.2, 0.25) is 0 Å². The molecule has 0 saturated heterocycles. The molecule has 0 aliphatic carbocycles. The van der Waals surface area contributed by atoms with E-state index in [0.717, 1.165) is 43.6 Å². The first-order valence-electron chi connectivity index (χ1n) is 7.25. The highest BCUT2D eigenvalue weighted by Crippen LogP contribution is 2.29. The molecule has 2 rings (SSSR count). The highest BCUT2D eigenvalue weighted by atomic mass is 16.1. The molecule has 0 amide bonds. The lowest BCUT2D eigenvalue weighted by Gasteiger charge is -2.26. The Kier molecular flexibility index (Phi) is 4.09. The molecule has 1 aromatic heterocycles. The van der Waals surface area contributed by atoms with Crippen molar-refractivity contribution in [3.63, 3.8) is 0 Å². The second kappa shape index (κ2) is 5.45. The summed E-state index contributed by atoms with van der Waals surface area (Å²) in [5.74, 6) is 0.234. The maximum Gasteiger partial charge on any atom is 0.186 e. The van der Waals surface area contributed by atoms with Crippen molar-refractivity contribution in [3.05, 3.63) is 17.5 Å². The number of aromatic nitrogens is 2. The van der Waals surface area contributed by atoms with Crippen LogP contribution in [0.15, 0.2) is 6.20 Å². The van der Waals surface area contributed by atoms with E-state index < -0.39 is 0 Å². The van der Waals surface area contributed by atoms with Crippen molar-refractivity contribution < 1.29 is 4.79 Å². The second-order valence-corrected chi connectivity index (χ2v) is 6.37. The smallest absolute Gasteiger partial charge is 0.186 e. The Morgan fingerprint density at radius 2 is 2.11 bits per heavy atom. The number of carbonyl (C=O) groups excluding carboxylic acids is 1. The lowest BCUT2D eigenvalue weighted by molar-refractivity contribution is 0.0810. The summed E-state index contributed by atoms with van der Waals surface area (Å²) in [6.45, 7) is 10.2. The number of hydrogen-bond donors (Lipinski definition) is 1. The fourth-order valence-electron chi connectivity index (χ4n) is 2.59. The maximum atomic E-state index is 12.9. The van der Waals surface area contributed by atoms with Gasteiger partial charge in [0.25, 0.3) is 0 Å². The Labute approximate surface area is 115 Å². The zero-order valence-electron chi connectivity index (χ0n) is 12.5. The van der Waals surface area contributed by atoms with Gasteiger partial charge in [-0.2, -0.15) is 5.10 Å². The lowest BCUT2D eigenvalue weighted by Crippen LogP contribution is -2.33. The minimum atomic E-state index is -0.328. The molecule has 0 unspecified atom stereocenters. The number of nitrogens with one attached hydrogen (secondary N) is 1. The topological polar surface area (TPSA) is 46.9 Å². The number of hydrogen-bond acceptors (Lipinski definition) is 3. The molecule has 1 N–H and O–H groups in total. The molecule has 1 aromatic rings. The van der Waals surface area contributed by atoms with Crippen LogP contribution in [0.1, 0.15) is 62.6 Å². The Morgan fingerprint density at radius 1 is 1.37 bits per heavy atom. The lowest BCUT2D eigenvalue weighted by atomic mass is 9.81. The Balaban J connectivity index is 2.46. The van der Waals surface area contributed by atoms with Gasteiger partial charge in [-0.05, 0) is 46.2 Å². The SMILES string of the molecule is CC(C)n1ncc2c1C(=O)C(C)(C)CCNCCC2. The van der Waals surface area contributed by atoms with Gasteiger partial charge in [0.2, 0.25) is 0 Å². The summed E-state index contributed by atoms with van der Waals surface area (Å²) < 4.78 is 1.90. The van der Waals surface area contributed by atoms with Gasteiger partial charge in [0, 0.05) is 17.0 Å². The van der Waals surface area contributed by atoms with Crippen LogP contribution in [0.25, 0.3) is 0 Å². The van der Waals surface area contributed by atoms with Crippen molar-refractivity contribution in [1.29, 1.82) is 0 Å². The number of rotatable bonds is 1. The fraction of sp³-hybridized carbons (Fsp3) is 0.733. The fourth-order valence-corrected chi connectivity index (χ4v) is 2.59. The number of nitrogens with zero attached hydrogens (tertiary/aromatic N) is 2. The number of ketones is 1. The zero-order valence-corrected chi connectivity index (χ0v) is 12.5. The Bertz CT molecular complexity index is 460. The second-order valence-electron chi connectivity index (χ2n) is 6.37. The molecule has 0 fully saturated rings. The average molecular weight is 263 g/mol. The van der Waals surface area contributed by atoms with Crippen LogP contribution >= 0.6 is 0 Å². The van der Waals surface area contributed by atoms with Gasteiger partial charge in [-0.25, -0.2) is 0 Å². The normalized spacial score (nSPS) is 20.4. The average Bonchev–Trinajstić information content (AvgIpc) is 2.75. The van der Waals surface area contributed by atoms with E-state index in [4.69, 9.17) is 0 Å². The standard InChI is InChI=1S/C15H25N3O/c1-11(2)18-13-12(10-17-18)6-5-8-16-9-7-15(3,4)14(13)19/h10-11,16H,5-9H2,1-4H3. The van der Waals surface area contributed by atoms with E-state index in [1.807, 2.05) is 24.7 Å². The molecule has 1 aliphatic heterocycles. The van der Waals surface area contributed by atoms with Gasteiger partial charge in [0.15, 0.2) is 5.78 Å².